The highest BCUT2D eigenvalue weighted by Crippen LogP contribution is 2.25. The van der Waals surface area contributed by atoms with Gasteiger partial charge in [-0.3, -0.25) is 0 Å². The summed E-state index contributed by atoms with van der Waals surface area (Å²) in [7, 11) is 0. The molecule has 2 rings (SSSR count). The van der Waals surface area contributed by atoms with Gasteiger partial charge in [0.15, 0.2) is 0 Å². The van der Waals surface area contributed by atoms with E-state index >= 15 is 0 Å². The highest BCUT2D eigenvalue weighted by Gasteiger charge is 2.12. The largest absolute Gasteiger partial charge is 0.462 e. The number of ether oxygens (including phenoxy) is 1. The molecule has 0 bridgehead atoms. The van der Waals surface area contributed by atoms with Crippen molar-refractivity contribution in [3.63, 3.8) is 0 Å². The van der Waals surface area contributed by atoms with Gasteiger partial charge in [0.05, 0.1) is 12.8 Å². The van der Waals surface area contributed by atoms with E-state index in [1.165, 1.54) is 29.7 Å². The van der Waals surface area contributed by atoms with Crippen LogP contribution in [-0.4, -0.2) is 17.6 Å². The molecular formula is C12H10FNO2S. The molecule has 0 fully saturated rings. The molecular weight excluding hydrogens is 241 g/mol. The standard InChI is InChI=1S/C12H10FNO2S/c1-2-16-12(15)10-7-14-11(17-10)8-3-5-9(13)6-4-8/h3-7H,2H2,1H3. The first-order valence-electron chi connectivity index (χ1n) is 5.09. The molecule has 0 amide bonds. The van der Waals surface area contributed by atoms with E-state index in [4.69, 9.17) is 4.74 Å². The predicted octanol–water partition coefficient (Wildman–Crippen LogP) is 3.13. The van der Waals surface area contributed by atoms with Crippen LogP contribution in [0, 0.1) is 5.82 Å². The van der Waals surface area contributed by atoms with Crippen LogP contribution in [0.2, 0.25) is 0 Å². The summed E-state index contributed by atoms with van der Waals surface area (Å²) in [4.78, 5) is 16.0. The van der Waals surface area contributed by atoms with Crippen molar-refractivity contribution in [3.8, 4) is 10.6 Å². The lowest BCUT2D eigenvalue weighted by molar-refractivity contribution is 0.0532. The zero-order valence-corrected chi connectivity index (χ0v) is 9.96. The summed E-state index contributed by atoms with van der Waals surface area (Å²) < 4.78 is 17.6. The molecule has 0 saturated heterocycles. The van der Waals surface area contributed by atoms with Gasteiger partial charge in [-0.15, -0.1) is 11.3 Å². The number of carbonyl (C=O) groups excluding carboxylic acids is 1. The van der Waals surface area contributed by atoms with E-state index in [0.717, 1.165) is 5.56 Å². The van der Waals surface area contributed by atoms with Crippen LogP contribution in [0.15, 0.2) is 30.5 Å². The predicted molar refractivity (Wildman–Crippen MR) is 63.5 cm³/mol. The van der Waals surface area contributed by atoms with E-state index in [1.807, 2.05) is 0 Å². The van der Waals surface area contributed by atoms with Crippen LogP contribution in [0.1, 0.15) is 16.6 Å². The molecule has 0 aliphatic carbocycles. The second kappa shape index (κ2) is 5.05. The molecule has 5 heteroatoms. The molecule has 1 heterocycles. The Labute approximate surface area is 102 Å². The molecule has 1 aromatic heterocycles. The first kappa shape index (κ1) is 11.7. The van der Waals surface area contributed by atoms with Gasteiger partial charge in [0.25, 0.3) is 0 Å². The number of rotatable bonds is 3. The van der Waals surface area contributed by atoms with Gasteiger partial charge >= 0.3 is 5.97 Å². The zero-order chi connectivity index (χ0) is 12.3. The topological polar surface area (TPSA) is 39.2 Å². The fourth-order valence-electron chi connectivity index (χ4n) is 1.30. The van der Waals surface area contributed by atoms with E-state index in [2.05, 4.69) is 4.98 Å². The number of esters is 1. The summed E-state index contributed by atoms with van der Waals surface area (Å²) in [5.41, 5.74) is 0.784. The molecule has 88 valence electrons. The second-order valence-corrected chi connectivity index (χ2v) is 4.29. The zero-order valence-electron chi connectivity index (χ0n) is 9.14. The van der Waals surface area contributed by atoms with Crippen molar-refractivity contribution >= 4 is 17.3 Å². The quantitative estimate of drug-likeness (QED) is 0.787. The van der Waals surface area contributed by atoms with Gasteiger partial charge in [0, 0.05) is 5.56 Å². The number of thiazole rings is 1. The molecule has 0 saturated carbocycles. The summed E-state index contributed by atoms with van der Waals surface area (Å²) in [5.74, 6) is -0.672. The van der Waals surface area contributed by atoms with Gasteiger partial charge in [0.2, 0.25) is 0 Å². The molecule has 0 aliphatic heterocycles. The Kier molecular flexibility index (Phi) is 3.49. The van der Waals surface area contributed by atoms with Gasteiger partial charge in [-0.1, -0.05) is 0 Å². The fraction of sp³-hybridized carbons (Fsp3) is 0.167. The van der Waals surface area contributed by atoms with Crippen molar-refractivity contribution in [1.82, 2.24) is 4.98 Å². The summed E-state index contributed by atoms with van der Waals surface area (Å²) >= 11 is 1.23. The van der Waals surface area contributed by atoms with Crippen molar-refractivity contribution < 1.29 is 13.9 Å². The molecule has 0 atom stereocenters. The molecule has 2 aromatic rings. The lowest BCUT2D eigenvalue weighted by Crippen LogP contribution is -2.01. The Balaban J connectivity index is 2.23. The Bertz CT molecular complexity index is 522. The SMILES string of the molecule is CCOC(=O)c1cnc(-c2ccc(F)cc2)s1. The number of halogens is 1. The first-order chi connectivity index (χ1) is 8.20. The maximum atomic E-state index is 12.7. The van der Waals surface area contributed by atoms with Gasteiger partial charge in [-0.05, 0) is 31.2 Å². The molecule has 0 unspecified atom stereocenters. The lowest BCUT2D eigenvalue weighted by Gasteiger charge is -1.96. The first-order valence-corrected chi connectivity index (χ1v) is 5.91. The number of hydrogen-bond acceptors (Lipinski definition) is 4. The average molecular weight is 251 g/mol. The van der Waals surface area contributed by atoms with Crippen LogP contribution in [0.4, 0.5) is 4.39 Å². The highest BCUT2D eigenvalue weighted by atomic mass is 32.1. The Hall–Kier alpha value is -1.75. The van der Waals surface area contributed by atoms with Gasteiger partial charge in [-0.25, -0.2) is 14.2 Å². The van der Waals surface area contributed by atoms with Gasteiger partial charge in [-0.2, -0.15) is 0 Å². The molecule has 3 nitrogen and oxygen atoms in total. The molecule has 0 spiro atoms. The number of nitrogens with zero attached hydrogens (tertiary/aromatic N) is 1. The number of aromatic nitrogens is 1. The summed E-state index contributed by atoms with van der Waals surface area (Å²) in [6.45, 7) is 2.09. The highest BCUT2D eigenvalue weighted by molar-refractivity contribution is 7.16. The van der Waals surface area contributed by atoms with E-state index in [9.17, 15) is 9.18 Å². The molecule has 1 aromatic carbocycles. The maximum absolute atomic E-state index is 12.7. The fourth-order valence-corrected chi connectivity index (χ4v) is 2.11. The lowest BCUT2D eigenvalue weighted by atomic mass is 10.2. The Morgan fingerprint density at radius 3 is 2.76 bits per heavy atom. The van der Waals surface area contributed by atoms with Crippen LogP contribution >= 0.6 is 11.3 Å². The van der Waals surface area contributed by atoms with Gasteiger partial charge < -0.3 is 4.74 Å². The monoisotopic (exact) mass is 251 g/mol. The Morgan fingerprint density at radius 2 is 2.12 bits per heavy atom. The third kappa shape index (κ3) is 2.68. The van der Waals surface area contributed by atoms with E-state index in [-0.39, 0.29) is 11.8 Å². The molecule has 0 N–H and O–H groups in total. The van der Waals surface area contributed by atoms with E-state index < -0.39 is 0 Å². The van der Waals surface area contributed by atoms with Gasteiger partial charge in [0.1, 0.15) is 15.7 Å². The second-order valence-electron chi connectivity index (χ2n) is 3.26. The van der Waals surface area contributed by atoms with E-state index in [1.54, 1.807) is 19.1 Å². The minimum absolute atomic E-state index is 0.295. The minimum atomic E-state index is -0.377. The number of benzene rings is 1. The third-order valence-electron chi connectivity index (χ3n) is 2.07. The minimum Gasteiger partial charge on any atom is -0.462 e. The third-order valence-corrected chi connectivity index (χ3v) is 3.10. The van der Waals surface area contributed by atoms with Crippen molar-refractivity contribution in [2.75, 3.05) is 6.61 Å². The van der Waals surface area contributed by atoms with Crippen LogP contribution < -0.4 is 0 Å². The van der Waals surface area contributed by atoms with Crippen molar-refractivity contribution in [3.05, 3.63) is 41.2 Å². The van der Waals surface area contributed by atoms with Crippen molar-refractivity contribution in [2.24, 2.45) is 0 Å². The van der Waals surface area contributed by atoms with Crippen molar-refractivity contribution in [2.45, 2.75) is 6.92 Å². The Morgan fingerprint density at radius 1 is 1.41 bits per heavy atom. The van der Waals surface area contributed by atoms with E-state index in [0.29, 0.717) is 16.5 Å². The van der Waals surface area contributed by atoms with Crippen LogP contribution in [0.3, 0.4) is 0 Å². The van der Waals surface area contributed by atoms with Crippen LogP contribution in [-0.2, 0) is 4.74 Å². The van der Waals surface area contributed by atoms with Crippen LogP contribution in [0.5, 0.6) is 0 Å². The van der Waals surface area contributed by atoms with Crippen LogP contribution in [0.25, 0.3) is 10.6 Å². The summed E-state index contributed by atoms with van der Waals surface area (Å²) in [5, 5.41) is 0.674. The average Bonchev–Trinajstić information content (AvgIpc) is 2.80. The molecule has 0 aliphatic rings. The smallest absolute Gasteiger partial charge is 0.349 e. The molecule has 0 radical (unpaired) electrons. The number of hydrogen-bond donors (Lipinski definition) is 0. The van der Waals surface area contributed by atoms with Crippen molar-refractivity contribution in [1.29, 1.82) is 0 Å². The number of carbonyl (C=O) groups is 1. The molecule has 17 heavy (non-hydrogen) atoms. The normalized spacial score (nSPS) is 10.2. The summed E-state index contributed by atoms with van der Waals surface area (Å²) in [6, 6.07) is 5.98. The summed E-state index contributed by atoms with van der Waals surface area (Å²) in [6.07, 6.45) is 1.47. The maximum Gasteiger partial charge on any atom is 0.349 e.